The molecule has 0 aliphatic rings. The van der Waals surface area contributed by atoms with E-state index in [0.717, 1.165) is 37.6 Å². The first kappa shape index (κ1) is 23.4. The van der Waals surface area contributed by atoms with Gasteiger partial charge in [-0.2, -0.15) is 0 Å². The van der Waals surface area contributed by atoms with Crippen LogP contribution in [-0.4, -0.2) is 13.2 Å². The van der Waals surface area contributed by atoms with Crippen molar-refractivity contribution in [2.45, 2.75) is 90.9 Å². The number of rotatable bonds is 16. The summed E-state index contributed by atoms with van der Waals surface area (Å²) in [7, 11) is 0. The van der Waals surface area contributed by atoms with Gasteiger partial charge in [0.15, 0.2) is 0 Å². The topological polar surface area (TPSA) is 18.5 Å². The van der Waals surface area contributed by atoms with Crippen molar-refractivity contribution in [3.8, 4) is 11.5 Å². The largest absolute Gasteiger partial charge is 0.491 e. The predicted octanol–water partition coefficient (Wildman–Crippen LogP) is 9.59. The smallest absolute Gasteiger partial charge is 0.146 e. The molecule has 0 bridgehead atoms. The summed E-state index contributed by atoms with van der Waals surface area (Å²) in [6.07, 6.45) is 15.5. The second-order valence-electron chi connectivity index (χ2n) is 8.22. The SMILES string of the molecule is CCCCCCCCOc1c2ccsc2c(OCCCCCCCC)c2ccsc12. The maximum absolute atomic E-state index is 6.35. The van der Waals surface area contributed by atoms with Crippen LogP contribution in [0.3, 0.4) is 0 Å². The number of hydrogen-bond acceptors (Lipinski definition) is 4. The van der Waals surface area contributed by atoms with E-state index < -0.39 is 0 Å². The van der Waals surface area contributed by atoms with E-state index in [0.29, 0.717) is 0 Å². The summed E-state index contributed by atoms with van der Waals surface area (Å²) >= 11 is 3.55. The minimum absolute atomic E-state index is 0.808. The second kappa shape index (κ2) is 13.2. The molecule has 4 heteroatoms. The lowest BCUT2D eigenvalue weighted by Crippen LogP contribution is -2.00. The van der Waals surface area contributed by atoms with E-state index >= 15 is 0 Å². The lowest BCUT2D eigenvalue weighted by atomic mass is 10.1. The average Bonchev–Trinajstić information content (AvgIpc) is 3.43. The molecule has 0 fully saturated rings. The monoisotopic (exact) mass is 446 g/mol. The molecule has 2 nitrogen and oxygen atoms in total. The van der Waals surface area contributed by atoms with Crippen molar-refractivity contribution < 1.29 is 9.47 Å². The Bertz CT molecular complexity index is 746. The first-order valence-electron chi connectivity index (χ1n) is 12.0. The molecule has 1 aromatic carbocycles. The van der Waals surface area contributed by atoms with Crippen LogP contribution in [-0.2, 0) is 0 Å². The minimum atomic E-state index is 0.808. The van der Waals surface area contributed by atoms with E-state index in [2.05, 4.69) is 36.7 Å². The Morgan fingerprint density at radius 3 is 1.40 bits per heavy atom. The highest BCUT2D eigenvalue weighted by molar-refractivity contribution is 7.19. The van der Waals surface area contributed by atoms with Crippen LogP contribution in [0.15, 0.2) is 22.9 Å². The third-order valence-corrected chi connectivity index (χ3v) is 7.55. The van der Waals surface area contributed by atoms with Crippen LogP contribution in [0.25, 0.3) is 20.2 Å². The zero-order chi connectivity index (χ0) is 21.0. The Hall–Kier alpha value is -1.26. The maximum Gasteiger partial charge on any atom is 0.146 e. The molecule has 2 heterocycles. The number of fused-ring (bicyclic) bond motifs is 2. The lowest BCUT2D eigenvalue weighted by Gasteiger charge is -2.14. The van der Waals surface area contributed by atoms with Gasteiger partial charge in [0, 0.05) is 10.8 Å². The fourth-order valence-electron chi connectivity index (χ4n) is 3.97. The number of benzene rings is 1. The zero-order valence-corrected chi connectivity index (χ0v) is 20.5. The fourth-order valence-corrected chi connectivity index (χ4v) is 5.78. The van der Waals surface area contributed by atoms with Gasteiger partial charge in [-0.15, -0.1) is 22.7 Å². The van der Waals surface area contributed by atoms with Gasteiger partial charge in [-0.1, -0.05) is 78.1 Å². The summed E-state index contributed by atoms with van der Waals surface area (Å²) in [4.78, 5) is 0. The molecule has 3 aromatic rings. The minimum Gasteiger partial charge on any atom is -0.491 e. The van der Waals surface area contributed by atoms with Crippen molar-refractivity contribution in [1.82, 2.24) is 0 Å². The number of thiophene rings is 2. The van der Waals surface area contributed by atoms with Crippen LogP contribution in [0, 0.1) is 0 Å². The molecule has 0 radical (unpaired) electrons. The van der Waals surface area contributed by atoms with Gasteiger partial charge >= 0.3 is 0 Å². The van der Waals surface area contributed by atoms with Crippen molar-refractivity contribution in [3.63, 3.8) is 0 Å². The predicted molar refractivity (Wildman–Crippen MR) is 135 cm³/mol. The van der Waals surface area contributed by atoms with Gasteiger partial charge in [-0.3, -0.25) is 0 Å². The second-order valence-corrected chi connectivity index (χ2v) is 10.0. The van der Waals surface area contributed by atoms with Crippen LogP contribution >= 0.6 is 22.7 Å². The lowest BCUT2D eigenvalue weighted by molar-refractivity contribution is 0.307. The Morgan fingerprint density at radius 1 is 0.567 bits per heavy atom. The summed E-state index contributed by atoms with van der Waals surface area (Å²) in [6.45, 7) is 6.15. The quantitative estimate of drug-likeness (QED) is 0.204. The van der Waals surface area contributed by atoms with E-state index in [4.69, 9.17) is 9.47 Å². The Kier molecular flexibility index (Phi) is 10.3. The first-order valence-corrected chi connectivity index (χ1v) is 13.8. The molecule has 3 rings (SSSR count). The van der Waals surface area contributed by atoms with E-state index in [-0.39, 0.29) is 0 Å². The molecule has 0 atom stereocenters. The Balaban J connectivity index is 1.61. The molecule has 0 aliphatic carbocycles. The summed E-state index contributed by atoms with van der Waals surface area (Å²) in [5.41, 5.74) is 0. The third kappa shape index (κ3) is 6.37. The molecule has 0 N–H and O–H groups in total. The summed E-state index contributed by atoms with van der Waals surface area (Å²) in [5, 5.41) is 6.78. The molecule has 166 valence electrons. The molecule has 30 heavy (non-hydrogen) atoms. The van der Waals surface area contributed by atoms with Gasteiger partial charge in [0.25, 0.3) is 0 Å². The summed E-state index contributed by atoms with van der Waals surface area (Å²) in [5.74, 6) is 2.13. The van der Waals surface area contributed by atoms with Crippen molar-refractivity contribution >= 4 is 42.8 Å². The van der Waals surface area contributed by atoms with Gasteiger partial charge in [0.05, 0.1) is 22.6 Å². The zero-order valence-electron chi connectivity index (χ0n) is 18.8. The van der Waals surface area contributed by atoms with Crippen LogP contribution in [0.2, 0.25) is 0 Å². The van der Waals surface area contributed by atoms with Crippen molar-refractivity contribution in [2.24, 2.45) is 0 Å². The molecule has 0 unspecified atom stereocenters. The molecule has 0 aliphatic heterocycles. The van der Waals surface area contributed by atoms with Gasteiger partial charge in [-0.05, 0) is 35.7 Å². The molecular formula is C26H38O2S2. The van der Waals surface area contributed by atoms with Gasteiger partial charge in [0.2, 0.25) is 0 Å². The maximum atomic E-state index is 6.35. The molecule has 0 spiro atoms. The van der Waals surface area contributed by atoms with Crippen LogP contribution in [0.5, 0.6) is 11.5 Å². The highest BCUT2D eigenvalue weighted by Gasteiger charge is 2.18. The van der Waals surface area contributed by atoms with Crippen molar-refractivity contribution in [1.29, 1.82) is 0 Å². The van der Waals surface area contributed by atoms with E-state index in [9.17, 15) is 0 Å². The van der Waals surface area contributed by atoms with E-state index in [1.807, 2.05) is 0 Å². The standard InChI is InChI=1S/C26H38O2S2/c1-3-5-7-9-11-13-17-27-23-21-15-19-30-26(21)24(22-16-20-29-25(22)23)28-18-14-12-10-8-6-4-2/h15-16,19-20H,3-14,17-18H2,1-2H3. The van der Waals surface area contributed by atoms with E-state index in [1.165, 1.54) is 84.4 Å². The molecule has 0 saturated carbocycles. The Labute approximate surface area is 190 Å². The molecule has 0 saturated heterocycles. The molecule has 2 aromatic heterocycles. The van der Waals surface area contributed by atoms with Crippen LogP contribution < -0.4 is 9.47 Å². The highest BCUT2D eigenvalue weighted by Crippen LogP contribution is 2.47. The average molecular weight is 447 g/mol. The third-order valence-electron chi connectivity index (χ3n) is 5.72. The number of hydrogen-bond donors (Lipinski definition) is 0. The van der Waals surface area contributed by atoms with Crippen LogP contribution in [0.4, 0.5) is 0 Å². The number of ether oxygens (including phenoxy) is 2. The van der Waals surface area contributed by atoms with Crippen molar-refractivity contribution in [3.05, 3.63) is 22.9 Å². The molecular weight excluding hydrogens is 408 g/mol. The van der Waals surface area contributed by atoms with Gasteiger partial charge in [-0.25, -0.2) is 0 Å². The molecule has 0 amide bonds. The highest BCUT2D eigenvalue weighted by atomic mass is 32.1. The van der Waals surface area contributed by atoms with Crippen LogP contribution in [0.1, 0.15) is 90.9 Å². The van der Waals surface area contributed by atoms with Gasteiger partial charge < -0.3 is 9.47 Å². The normalized spacial score (nSPS) is 11.5. The number of unbranched alkanes of at least 4 members (excludes halogenated alkanes) is 10. The van der Waals surface area contributed by atoms with E-state index in [1.54, 1.807) is 22.7 Å². The summed E-state index contributed by atoms with van der Waals surface area (Å²) in [6, 6.07) is 4.40. The van der Waals surface area contributed by atoms with Crippen molar-refractivity contribution in [2.75, 3.05) is 13.2 Å². The Morgan fingerprint density at radius 2 is 0.967 bits per heavy atom. The first-order chi connectivity index (χ1) is 14.9. The van der Waals surface area contributed by atoms with Gasteiger partial charge in [0.1, 0.15) is 11.5 Å². The summed E-state index contributed by atoms with van der Waals surface area (Å²) < 4.78 is 15.2. The fraction of sp³-hybridized carbons (Fsp3) is 0.615.